The molecular formula is C18H24ClN5O5. The molecule has 1 unspecified atom stereocenters. The molecule has 3 aromatic rings. The Morgan fingerprint density at radius 3 is 2.41 bits per heavy atom. The molecule has 0 aliphatic rings. The fourth-order valence-corrected chi connectivity index (χ4v) is 3.11. The lowest BCUT2D eigenvalue weighted by Crippen LogP contribution is -2.37. The number of phenolic OH excluding ortho intramolecular Hbond substituents is 2. The van der Waals surface area contributed by atoms with Crippen molar-refractivity contribution in [3.8, 4) is 11.5 Å². The topological polar surface area (TPSA) is 135 Å². The maximum atomic E-state index is 12.4. The summed E-state index contributed by atoms with van der Waals surface area (Å²) in [5, 5.41) is 32.2. The van der Waals surface area contributed by atoms with Crippen molar-refractivity contribution < 1.29 is 15.3 Å². The van der Waals surface area contributed by atoms with Crippen molar-refractivity contribution in [2.24, 2.45) is 14.1 Å². The van der Waals surface area contributed by atoms with Gasteiger partial charge in [-0.05, 0) is 30.7 Å². The van der Waals surface area contributed by atoms with Crippen LogP contribution in [0.15, 0.2) is 34.1 Å². The molecule has 0 saturated carbocycles. The summed E-state index contributed by atoms with van der Waals surface area (Å²) in [5.74, 6) is -0.228. The van der Waals surface area contributed by atoms with Gasteiger partial charge in [-0.1, -0.05) is 0 Å². The van der Waals surface area contributed by atoms with E-state index in [0.29, 0.717) is 36.2 Å². The van der Waals surface area contributed by atoms with Crippen LogP contribution >= 0.6 is 12.4 Å². The molecular weight excluding hydrogens is 402 g/mol. The zero-order valence-electron chi connectivity index (χ0n) is 16.1. The number of aryl methyl sites for hydroxylation is 2. The first-order chi connectivity index (χ1) is 13.3. The monoisotopic (exact) mass is 425 g/mol. The van der Waals surface area contributed by atoms with Gasteiger partial charge in [0.1, 0.15) is 11.5 Å². The Hall–Kier alpha value is -2.82. The van der Waals surface area contributed by atoms with Crippen LogP contribution in [0.1, 0.15) is 18.1 Å². The van der Waals surface area contributed by atoms with Gasteiger partial charge in [0.25, 0.3) is 5.56 Å². The molecule has 4 N–H and O–H groups in total. The van der Waals surface area contributed by atoms with Crippen molar-refractivity contribution in [2.75, 3.05) is 13.1 Å². The number of phenols is 2. The number of nitrogens with one attached hydrogen (secondary N) is 1. The summed E-state index contributed by atoms with van der Waals surface area (Å²) in [7, 11) is 3.01. The summed E-state index contributed by atoms with van der Waals surface area (Å²) in [5.41, 5.74) is 0.328. The van der Waals surface area contributed by atoms with Gasteiger partial charge in [0.05, 0.1) is 12.4 Å². The first-order valence-electron chi connectivity index (χ1n) is 8.82. The molecule has 1 atom stereocenters. The molecule has 1 aromatic carbocycles. The van der Waals surface area contributed by atoms with Crippen molar-refractivity contribution in [3.63, 3.8) is 0 Å². The number of aromatic nitrogens is 4. The van der Waals surface area contributed by atoms with Gasteiger partial charge in [0.2, 0.25) is 0 Å². The molecule has 2 heterocycles. The minimum Gasteiger partial charge on any atom is -0.508 e. The van der Waals surface area contributed by atoms with E-state index in [1.165, 1.54) is 36.1 Å². The van der Waals surface area contributed by atoms with Gasteiger partial charge in [0, 0.05) is 33.3 Å². The quantitative estimate of drug-likeness (QED) is 0.391. The van der Waals surface area contributed by atoms with Crippen LogP contribution in [0.3, 0.4) is 0 Å². The predicted molar refractivity (Wildman–Crippen MR) is 110 cm³/mol. The molecule has 0 aliphatic carbocycles. The highest BCUT2D eigenvalue weighted by atomic mass is 35.5. The van der Waals surface area contributed by atoms with Crippen molar-refractivity contribution in [1.82, 2.24) is 24.0 Å². The van der Waals surface area contributed by atoms with Crippen molar-refractivity contribution in [2.45, 2.75) is 19.1 Å². The third kappa shape index (κ3) is 4.61. The number of hydrogen-bond donors (Lipinski definition) is 4. The van der Waals surface area contributed by atoms with Crippen molar-refractivity contribution >= 4 is 23.6 Å². The Morgan fingerprint density at radius 1 is 1.10 bits per heavy atom. The van der Waals surface area contributed by atoms with E-state index in [0.717, 1.165) is 4.57 Å². The Bertz CT molecular complexity index is 1100. The van der Waals surface area contributed by atoms with Crippen molar-refractivity contribution in [1.29, 1.82) is 0 Å². The molecule has 2 aromatic heterocycles. The minimum absolute atomic E-state index is 0. The summed E-state index contributed by atoms with van der Waals surface area (Å²) in [4.78, 5) is 28.5. The van der Waals surface area contributed by atoms with Gasteiger partial charge >= 0.3 is 5.69 Å². The lowest BCUT2D eigenvalue weighted by atomic mass is 10.1. The number of rotatable bonds is 7. The second kappa shape index (κ2) is 9.12. The summed E-state index contributed by atoms with van der Waals surface area (Å²) in [6, 6.07) is 3.98. The number of halogens is 1. The molecule has 0 amide bonds. The Labute approximate surface area is 172 Å². The third-order valence-corrected chi connectivity index (χ3v) is 4.62. The normalized spacial score (nSPS) is 12.1. The average molecular weight is 426 g/mol. The van der Waals surface area contributed by atoms with Crippen LogP contribution in [0.4, 0.5) is 0 Å². The van der Waals surface area contributed by atoms with E-state index < -0.39 is 11.8 Å². The highest BCUT2D eigenvalue weighted by Gasteiger charge is 2.14. The number of nitrogens with zero attached hydrogens (tertiary/aromatic N) is 4. The molecule has 10 nitrogen and oxygen atoms in total. The summed E-state index contributed by atoms with van der Waals surface area (Å²) < 4.78 is 4.11. The minimum atomic E-state index is -0.881. The fourth-order valence-electron chi connectivity index (χ4n) is 3.11. The van der Waals surface area contributed by atoms with E-state index in [4.69, 9.17) is 0 Å². The number of benzene rings is 1. The molecule has 3 rings (SSSR count). The molecule has 0 fully saturated rings. The molecule has 158 valence electrons. The van der Waals surface area contributed by atoms with Gasteiger partial charge < -0.3 is 25.2 Å². The molecule has 0 aliphatic heterocycles. The highest BCUT2D eigenvalue weighted by Crippen LogP contribution is 2.24. The number of hydrogen-bond acceptors (Lipinski definition) is 7. The molecule has 0 bridgehead atoms. The SMILES string of the molecule is Cl.Cn1c(=O)c2c(ncn2CCCNCC(O)c2cc(O)cc(O)c2)n(C)c1=O. The van der Waals surface area contributed by atoms with Gasteiger partial charge in [-0.25, -0.2) is 9.78 Å². The van der Waals surface area contributed by atoms with Crippen LogP contribution in [-0.4, -0.2) is 47.1 Å². The maximum absolute atomic E-state index is 12.4. The zero-order valence-corrected chi connectivity index (χ0v) is 16.9. The Balaban J connectivity index is 0.00000300. The van der Waals surface area contributed by atoms with Crippen LogP contribution in [0.25, 0.3) is 11.2 Å². The van der Waals surface area contributed by atoms with Crippen LogP contribution in [0.5, 0.6) is 11.5 Å². The third-order valence-electron chi connectivity index (χ3n) is 4.62. The van der Waals surface area contributed by atoms with Gasteiger partial charge in [-0.2, -0.15) is 0 Å². The van der Waals surface area contributed by atoms with Crippen LogP contribution in [0, 0.1) is 0 Å². The smallest absolute Gasteiger partial charge is 0.332 e. The summed E-state index contributed by atoms with van der Waals surface area (Å²) in [6.07, 6.45) is 1.32. The molecule has 29 heavy (non-hydrogen) atoms. The summed E-state index contributed by atoms with van der Waals surface area (Å²) in [6.45, 7) is 1.32. The standard InChI is InChI=1S/C18H23N5O5.ClH/c1-21-16-15(17(27)22(2)18(21)28)23(10-20-16)5-3-4-19-9-14(26)11-6-12(24)8-13(25)7-11;/h6-8,10,14,19,24-26H,3-5,9H2,1-2H3;1H. The number of aliphatic hydroxyl groups is 1. The van der Waals surface area contributed by atoms with Gasteiger partial charge in [-0.3, -0.25) is 13.9 Å². The van der Waals surface area contributed by atoms with E-state index in [1.807, 2.05) is 0 Å². The van der Waals surface area contributed by atoms with E-state index in [2.05, 4.69) is 10.3 Å². The first-order valence-corrected chi connectivity index (χ1v) is 8.82. The Kier molecular flexibility index (Phi) is 7.07. The second-order valence-electron chi connectivity index (χ2n) is 6.67. The number of imidazole rings is 1. The van der Waals surface area contributed by atoms with E-state index in [1.54, 1.807) is 11.6 Å². The molecule has 0 radical (unpaired) electrons. The lowest BCUT2D eigenvalue weighted by molar-refractivity contribution is 0.174. The lowest BCUT2D eigenvalue weighted by Gasteiger charge is -2.13. The number of aliphatic hydroxyl groups excluding tert-OH is 1. The van der Waals surface area contributed by atoms with E-state index in [-0.39, 0.29) is 36.0 Å². The number of aromatic hydroxyl groups is 2. The van der Waals surface area contributed by atoms with E-state index >= 15 is 0 Å². The van der Waals surface area contributed by atoms with Gasteiger partial charge in [-0.15, -0.1) is 12.4 Å². The molecule has 0 spiro atoms. The largest absolute Gasteiger partial charge is 0.508 e. The summed E-state index contributed by atoms with van der Waals surface area (Å²) >= 11 is 0. The van der Waals surface area contributed by atoms with Crippen LogP contribution in [-0.2, 0) is 20.6 Å². The average Bonchev–Trinajstić information content (AvgIpc) is 3.07. The second-order valence-corrected chi connectivity index (χ2v) is 6.67. The van der Waals surface area contributed by atoms with Crippen LogP contribution < -0.4 is 16.6 Å². The zero-order chi connectivity index (χ0) is 20.4. The number of fused-ring (bicyclic) bond motifs is 1. The van der Waals surface area contributed by atoms with Crippen molar-refractivity contribution in [3.05, 3.63) is 50.9 Å². The van der Waals surface area contributed by atoms with E-state index in [9.17, 15) is 24.9 Å². The first kappa shape index (κ1) is 22.5. The fraction of sp³-hybridized carbons (Fsp3) is 0.389. The Morgan fingerprint density at radius 2 is 1.76 bits per heavy atom. The molecule has 0 saturated heterocycles. The van der Waals surface area contributed by atoms with Gasteiger partial charge in [0.15, 0.2) is 11.2 Å². The highest BCUT2D eigenvalue weighted by molar-refractivity contribution is 5.85. The predicted octanol–water partition coefficient (Wildman–Crippen LogP) is -0.0200. The molecule has 11 heteroatoms. The van der Waals surface area contributed by atoms with Crippen LogP contribution in [0.2, 0.25) is 0 Å². The maximum Gasteiger partial charge on any atom is 0.332 e.